The maximum absolute atomic E-state index is 5.67. The number of nitrogens with zero attached hydrogens (tertiary/aromatic N) is 4. The van der Waals surface area contributed by atoms with E-state index in [1.807, 2.05) is 19.2 Å². The van der Waals surface area contributed by atoms with Gasteiger partial charge in [0.1, 0.15) is 11.5 Å². The molecule has 5 N–H and O–H groups in total. The summed E-state index contributed by atoms with van der Waals surface area (Å²) in [4.78, 5) is 18.9. The maximum Gasteiger partial charge on any atom is 0.231 e. The lowest BCUT2D eigenvalue weighted by molar-refractivity contribution is 0.188. The number of nitrogens with one attached hydrogen (secondary N) is 3. The summed E-state index contributed by atoms with van der Waals surface area (Å²) in [5.74, 6) is 1.31. The fraction of sp³-hybridized carbons (Fsp3) is 0.500. The summed E-state index contributed by atoms with van der Waals surface area (Å²) in [5.41, 5.74) is 7.12. The predicted octanol–water partition coefficient (Wildman–Crippen LogP) is 2.16. The normalized spacial score (nSPS) is 22.2. The van der Waals surface area contributed by atoms with Gasteiger partial charge in [-0.2, -0.15) is 9.97 Å². The fourth-order valence-electron chi connectivity index (χ4n) is 3.14. The van der Waals surface area contributed by atoms with Gasteiger partial charge in [0.05, 0.1) is 11.1 Å². The average molecular weight is 356 g/mol. The third kappa shape index (κ3) is 4.13. The van der Waals surface area contributed by atoms with Crippen molar-refractivity contribution in [3.63, 3.8) is 0 Å². The van der Waals surface area contributed by atoms with Gasteiger partial charge in [-0.05, 0) is 39.8 Å². The second-order valence-corrected chi connectivity index (χ2v) is 6.72. The largest absolute Gasteiger partial charge is 0.403 e. The molecule has 1 aliphatic rings. The number of H-pyrrole nitrogens is 1. The molecule has 3 heterocycles. The van der Waals surface area contributed by atoms with Gasteiger partial charge in [-0.15, -0.1) is 0 Å². The summed E-state index contributed by atoms with van der Waals surface area (Å²) in [7, 11) is 2.17. The Kier molecular flexibility index (Phi) is 5.72. The van der Waals surface area contributed by atoms with E-state index in [0.29, 0.717) is 30.3 Å². The summed E-state index contributed by atoms with van der Waals surface area (Å²) in [6.45, 7) is 5.93. The van der Waals surface area contributed by atoms with Crippen LogP contribution < -0.4 is 16.4 Å². The number of aliphatic imine (C=N–C) groups is 1. The first-order valence-electron chi connectivity index (χ1n) is 9.11. The number of allylic oxidation sites excluding steroid dienone is 1. The zero-order chi connectivity index (χ0) is 18.5. The zero-order valence-electron chi connectivity index (χ0n) is 15.7. The van der Waals surface area contributed by atoms with Crippen LogP contribution in [-0.4, -0.2) is 58.3 Å². The molecule has 2 aromatic rings. The van der Waals surface area contributed by atoms with Gasteiger partial charge < -0.3 is 26.3 Å². The van der Waals surface area contributed by atoms with E-state index in [2.05, 4.69) is 49.4 Å². The summed E-state index contributed by atoms with van der Waals surface area (Å²) >= 11 is 0. The number of fused-ring (bicyclic) bond motifs is 1. The Morgan fingerprint density at radius 1 is 1.46 bits per heavy atom. The van der Waals surface area contributed by atoms with Crippen molar-refractivity contribution in [3.8, 4) is 0 Å². The van der Waals surface area contributed by atoms with Crippen molar-refractivity contribution < 1.29 is 0 Å². The van der Waals surface area contributed by atoms with Crippen LogP contribution in [0.25, 0.3) is 11.0 Å². The first kappa shape index (κ1) is 18.2. The van der Waals surface area contributed by atoms with Crippen molar-refractivity contribution in [1.82, 2.24) is 19.9 Å². The molecule has 0 saturated carbocycles. The highest BCUT2D eigenvalue weighted by atomic mass is 15.2. The molecule has 8 nitrogen and oxygen atoms in total. The van der Waals surface area contributed by atoms with E-state index in [1.165, 1.54) is 12.6 Å². The van der Waals surface area contributed by atoms with E-state index in [1.54, 1.807) is 6.21 Å². The maximum atomic E-state index is 5.67. The van der Waals surface area contributed by atoms with Gasteiger partial charge in [0.2, 0.25) is 5.95 Å². The molecule has 1 fully saturated rings. The molecule has 1 saturated heterocycles. The van der Waals surface area contributed by atoms with Crippen LogP contribution in [0.15, 0.2) is 29.2 Å². The number of nitrogens with two attached hydrogens (primary N) is 1. The van der Waals surface area contributed by atoms with Crippen molar-refractivity contribution in [2.45, 2.75) is 38.8 Å². The molecule has 0 bridgehead atoms. The van der Waals surface area contributed by atoms with Crippen LogP contribution in [0.5, 0.6) is 0 Å². The third-order valence-electron chi connectivity index (χ3n) is 4.80. The number of aromatic nitrogens is 3. The molecular weight excluding hydrogens is 328 g/mol. The number of hydrogen-bond donors (Lipinski definition) is 4. The number of rotatable bonds is 6. The summed E-state index contributed by atoms with van der Waals surface area (Å²) < 4.78 is 0. The highest BCUT2D eigenvalue weighted by molar-refractivity contribution is 5.89. The molecule has 2 aromatic heterocycles. The molecule has 0 amide bonds. The highest BCUT2D eigenvalue weighted by Gasteiger charge is 2.23. The lowest BCUT2D eigenvalue weighted by Crippen LogP contribution is -2.44. The minimum absolute atomic E-state index is 0.364. The van der Waals surface area contributed by atoms with Gasteiger partial charge in [0, 0.05) is 43.8 Å². The van der Waals surface area contributed by atoms with Crippen molar-refractivity contribution in [1.29, 1.82) is 0 Å². The first-order valence-corrected chi connectivity index (χ1v) is 9.11. The number of likely N-dealkylation sites (N-methyl/N-ethyl adjacent to an activating group) is 1. The average Bonchev–Trinajstić information content (AvgIpc) is 3.10. The van der Waals surface area contributed by atoms with Crippen molar-refractivity contribution in [2.75, 3.05) is 30.8 Å². The number of hydrogen-bond acceptors (Lipinski definition) is 7. The van der Waals surface area contributed by atoms with Crippen molar-refractivity contribution >= 4 is 29.0 Å². The van der Waals surface area contributed by atoms with Gasteiger partial charge in [0.15, 0.2) is 0 Å². The molecule has 0 unspecified atom stereocenters. The van der Waals surface area contributed by atoms with E-state index < -0.39 is 0 Å². The summed E-state index contributed by atoms with van der Waals surface area (Å²) in [6.07, 6.45) is 7.33. The topological polar surface area (TPSA) is 107 Å². The van der Waals surface area contributed by atoms with Crippen LogP contribution in [0.4, 0.5) is 11.8 Å². The van der Waals surface area contributed by atoms with E-state index in [-0.39, 0.29) is 0 Å². The highest BCUT2D eigenvalue weighted by Crippen LogP contribution is 2.25. The molecular formula is C18H28N8. The van der Waals surface area contributed by atoms with Crippen molar-refractivity contribution in [2.24, 2.45) is 10.7 Å². The van der Waals surface area contributed by atoms with Crippen LogP contribution in [0.2, 0.25) is 0 Å². The molecule has 1 aliphatic heterocycles. The molecule has 140 valence electrons. The lowest BCUT2D eigenvalue weighted by Gasteiger charge is -2.35. The number of likely N-dealkylation sites (tertiary alicyclic amines) is 1. The third-order valence-corrected chi connectivity index (χ3v) is 4.80. The Labute approximate surface area is 154 Å². The fourth-order valence-corrected chi connectivity index (χ4v) is 3.14. The van der Waals surface area contributed by atoms with Gasteiger partial charge in [-0.25, -0.2) is 0 Å². The second-order valence-electron chi connectivity index (χ2n) is 6.72. The number of aromatic amines is 1. The standard InChI is InChI=1S/C18H28N8/c1-4-20-10-14(9-19)23-18-24-16-15(7-8-21-16)17(25-18)22-13-6-5-12(2)26(3)11-13/h7-10,12-13H,4-6,11,19H2,1-3H3,(H3,21,22,23,24,25)/t12-,13+/m0/s1. The molecule has 8 heteroatoms. The zero-order valence-corrected chi connectivity index (χ0v) is 15.7. The molecule has 0 spiro atoms. The van der Waals surface area contributed by atoms with Crippen LogP contribution in [0.1, 0.15) is 26.7 Å². The second kappa shape index (κ2) is 8.18. The van der Waals surface area contributed by atoms with E-state index in [9.17, 15) is 0 Å². The Morgan fingerprint density at radius 3 is 3.04 bits per heavy atom. The Bertz CT molecular complexity index is 794. The van der Waals surface area contributed by atoms with E-state index >= 15 is 0 Å². The Balaban J connectivity index is 1.83. The Hall–Kier alpha value is -2.61. The number of anilines is 2. The quantitative estimate of drug-likeness (QED) is 0.591. The molecule has 3 rings (SSSR count). The van der Waals surface area contributed by atoms with E-state index in [4.69, 9.17) is 5.73 Å². The molecule has 26 heavy (non-hydrogen) atoms. The molecule has 2 atom stereocenters. The summed E-state index contributed by atoms with van der Waals surface area (Å²) in [6, 6.07) is 2.98. The molecule has 0 radical (unpaired) electrons. The number of piperidine rings is 1. The van der Waals surface area contributed by atoms with Crippen LogP contribution in [0.3, 0.4) is 0 Å². The predicted molar refractivity (Wildman–Crippen MR) is 108 cm³/mol. The van der Waals surface area contributed by atoms with Gasteiger partial charge in [-0.3, -0.25) is 4.99 Å². The summed E-state index contributed by atoms with van der Waals surface area (Å²) in [5, 5.41) is 7.72. The van der Waals surface area contributed by atoms with E-state index in [0.717, 1.165) is 29.8 Å². The van der Waals surface area contributed by atoms with Gasteiger partial charge in [-0.1, -0.05) is 0 Å². The SMILES string of the molecule is CCN=CC(=CN)Nc1nc(N[C@@H]2CC[C@H](C)N(C)C2)c2cc[nH]c2n1. The Morgan fingerprint density at radius 2 is 2.31 bits per heavy atom. The molecule has 0 aromatic carbocycles. The minimum Gasteiger partial charge on any atom is -0.403 e. The van der Waals surface area contributed by atoms with Gasteiger partial charge in [0.25, 0.3) is 0 Å². The van der Waals surface area contributed by atoms with Crippen LogP contribution in [0, 0.1) is 0 Å². The smallest absolute Gasteiger partial charge is 0.231 e. The van der Waals surface area contributed by atoms with Gasteiger partial charge >= 0.3 is 0 Å². The molecule has 0 aliphatic carbocycles. The monoisotopic (exact) mass is 356 g/mol. The lowest BCUT2D eigenvalue weighted by atomic mass is 10.00. The van der Waals surface area contributed by atoms with Crippen LogP contribution >= 0.6 is 0 Å². The van der Waals surface area contributed by atoms with Crippen LogP contribution in [-0.2, 0) is 0 Å². The first-order chi connectivity index (χ1) is 12.6. The van der Waals surface area contributed by atoms with Crippen molar-refractivity contribution in [3.05, 3.63) is 24.2 Å². The minimum atomic E-state index is 0.364.